The summed E-state index contributed by atoms with van der Waals surface area (Å²) in [6.45, 7) is 0. The second kappa shape index (κ2) is 3.26. The summed E-state index contributed by atoms with van der Waals surface area (Å²) < 4.78 is 5.13. The summed E-state index contributed by atoms with van der Waals surface area (Å²) >= 11 is 1.35. The van der Waals surface area contributed by atoms with Crippen molar-refractivity contribution in [3.8, 4) is 0 Å². The van der Waals surface area contributed by atoms with Gasteiger partial charge in [0.2, 0.25) is 0 Å². The molecular formula is C9H7NO3S. The Morgan fingerprint density at radius 1 is 1.57 bits per heavy atom. The zero-order valence-electron chi connectivity index (χ0n) is 7.37. The van der Waals surface area contributed by atoms with E-state index >= 15 is 0 Å². The third-order valence-corrected chi connectivity index (χ3v) is 2.78. The molecule has 0 radical (unpaired) electrons. The zero-order valence-corrected chi connectivity index (χ0v) is 8.18. The molecule has 0 spiro atoms. The van der Waals surface area contributed by atoms with Crippen molar-refractivity contribution < 1.29 is 9.53 Å². The Labute approximate surface area is 83.1 Å². The molecule has 0 atom stereocenters. The Kier molecular flexibility index (Phi) is 2.09. The molecule has 0 unspecified atom stereocenters. The second-order valence-corrected chi connectivity index (χ2v) is 3.62. The maximum atomic E-state index is 11.4. The lowest BCUT2D eigenvalue weighted by atomic mass is 10.3. The van der Waals surface area contributed by atoms with E-state index in [1.54, 1.807) is 17.5 Å². The van der Waals surface area contributed by atoms with Crippen LogP contribution in [0.1, 0.15) is 10.5 Å². The number of thiophene rings is 1. The summed E-state index contributed by atoms with van der Waals surface area (Å²) in [5.74, 6) is -0.532. The fourth-order valence-electron chi connectivity index (χ4n) is 1.21. The lowest BCUT2D eigenvalue weighted by molar-refractivity contribution is 0.0594. The predicted octanol–water partition coefficient (Wildman–Crippen LogP) is 1.38. The third-order valence-electron chi connectivity index (χ3n) is 1.86. The minimum atomic E-state index is -0.532. The van der Waals surface area contributed by atoms with E-state index in [1.807, 2.05) is 0 Å². The summed E-state index contributed by atoms with van der Waals surface area (Å²) in [5.41, 5.74) is -0.0682. The average Bonchev–Trinajstić information content (AvgIpc) is 2.64. The van der Waals surface area contributed by atoms with Crippen LogP contribution in [0.15, 0.2) is 22.3 Å². The lowest BCUT2D eigenvalue weighted by Gasteiger charge is -1.98. The third kappa shape index (κ3) is 1.31. The van der Waals surface area contributed by atoms with Crippen LogP contribution >= 0.6 is 11.3 Å². The average molecular weight is 209 g/mol. The fourth-order valence-corrected chi connectivity index (χ4v) is 1.98. The van der Waals surface area contributed by atoms with E-state index in [9.17, 15) is 9.59 Å². The molecule has 0 aliphatic heterocycles. The van der Waals surface area contributed by atoms with Crippen LogP contribution in [-0.2, 0) is 4.74 Å². The molecule has 2 heterocycles. The number of rotatable bonds is 1. The van der Waals surface area contributed by atoms with Crippen LogP contribution in [0, 0.1) is 0 Å². The molecule has 0 aromatic carbocycles. The molecule has 0 saturated carbocycles. The molecule has 0 amide bonds. The summed E-state index contributed by atoms with van der Waals surface area (Å²) in [4.78, 5) is 25.0. The quantitative estimate of drug-likeness (QED) is 0.722. The highest BCUT2D eigenvalue weighted by molar-refractivity contribution is 7.17. The van der Waals surface area contributed by atoms with Crippen molar-refractivity contribution in [2.24, 2.45) is 0 Å². The van der Waals surface area contributed by atoms with Crippen LogP contribution in [0.3, 0.4) is 0 Å². The second-order valence-electron chi connectivity index (χ2n) is 2.71. The standard InChI is InChI=1S/C9H7NO3S/c1-13-9(12)6-4-5-2-3-14-7(5)8(11)10-6/h2-4H,1H3,(H,10,11). The highest BCUT2D eigenvalue weighted by Crippen LogP contribution is 2.16. The van der Waals surface area contributed by atoms with Gasteiger partial charge in [-0.15, -0.1) is 11.3 Å². The van der Waals surface area contributed by atoms with E-state index in [1.165, 1.54) is 18.4 Å². The predicted molar refractivity (Wildman–Crippen MR) is 53.8 cm³/mol. The van der Waals surface area contributed by atoms with E-state index in [4.69, 9.17) is 0 Å². The highest BCUT2D eigenvalue weighted by atomic mass is 32.1. The molecular weight excluding hydrogens is 202 g/mol. The van der Waals surface area contributed by atoms with Crippen molar-refractivity contribution in [3.05, 3.63) is 33.6 Å². The minimum Gasteiger partial charge on any atom is -0.464 e. The first-order valence-corrected chi connectivity index (χ1v) is 4.79. The molecule has 2 aromatic rings. The van der Waals surface area contributed by atoms with E-state index in [2.05, 4.69) is 9.72 Å². The molecule has 0 aliphatic rings. The van der Waals surface area contributed by atoms with Gasteiger partial charge in [0.25, 0.3) is 5.56 Å². The number of pyridine rings is 1. The Bertz CT molecular complexity index is 540. The van der Waals surface area contributed by atoms with Crippen LogP contribution in [0.25, 0.3) is 10.1 Å². The van der Waals surface area contributed by atoms with Crippen LogP contribution in [0.2, 0.25) is 0 Å². The number of ether oxygens (including phenoxy) is 1. The molecule has 5 heteroatoms. The van der Waals surface area contributed by atoms with Crippen molar-refractivity contribution >= 4 is 27.4 Å². The largest absolute Gasteiger partial charge is 0.464 e. The molecule has 0 bridgehead atoms. The number of H-pyrrole nitrogens is 1. The summed E-state index contributed by atoms with van der Waals surface area (Å²) in [6, 6.07) is 3.40. The first-order chi connectivity index (χ1) is 6.72. The topological polar surface area (TPSA) is 59.2 Å². The molecule has 2 rings (SSSR count). The maximum Gasteiger partial charge on any atom is 0.354 e. The Morgan fingerprint density at radius 3 is 3.07 bits per heavy atom. The van der Waals surface area contributed by atoms with Gasteiger partial charge in [-0.1, -0.05) is 0 Å². The van der Waals surface area contributed by atoms with Crippen LogP contribution in [0.4, 0.5) is 0 Å². The first kappa shape index (κ1) is 8.96. The van der Waals surface area contributed by atoms with Gasteiger partial charge < -0.3 is 9.72 Å². The fraction of sp³-hybridized carbons (Fsp3) is 0.111. The molecule has 1 N–H and O–H groups in total. The van der Waals surface area contributed by atoms with Crippen molar-refractivity contribution in [1.82, 2.24) is 4.98 Å². The van der Waals surface area contributed by atoms with Gasteiger partial charge in [-0.05, 0) is 17.5 Å². The van der Waals surface area contributed by atoms with Crippen LogP contribution in [0.5, 0.6) is 0 Å². The van der Waals surface area contributed by atoms with Crippen LogP contribution in [-0.4, -0.2) is 18.1 Å². The SMILES string of the molecule is COC(=O)c1cc2ccsc2c(=O)[nH]1. The molecule has 72 valence electrons. The van der Waals surface area contributed by atoms with Crippen molar-refractivity contribution in [2.75, 3.05) is 7.11 Å². The van der Waals surface area contributed by atoms with Gasteiger partial charge in [0.05, 0.1) is 11.8 Å². The van der Waals surface area contributed by atoms with Crippen molar-refractivity contribution in [3.63, 3.8) is 0 Å². The molecule has 0 saturated heterocycles. The molecule has 4 nitrogen and oxygen atoms in total. The van der Waals surface area contributed by atoms with Gasteiger partial charge in [-0.3, -0.25) is 4.79 Å². The van der Waals surface area contributed by atoms with Gasteiger partial charge in [0.1, 0.15) is 5.69 Å². The summed E-state index contributed by atoms with van der Waals surface area (Å²) in [6.07, 6.45) is 0. The van der Waals surface area contributed by atoms with Gasteiger partial charge in [0, 0.05) is 5.39 Å². The smallest absolute Gasteiger partial charge is 0.354 e. The number of methoxy groups -OCH3 is 1. The monoisotopic (exact) mass is 209 g/mol. The Morgan fingerprint density at radius 2 is 2.36 bits per heavy atom. The van der Waals surface area contributed by atoms with Gasteiger partial charge in [-0.2, -0.15) is 0 Å². The molecule has 14 heavy (non-hydrogen) atoms. The van der Waals surface area contributed by atoms with Gasteiger partial charge in [-0.25, -0.2) is 4.79 Å². The normalized spacial score (nSPS) is 10.4. The summed E-state index contributed by atoms with van der Waals surface area (Å²) in [7, 11) is 1.28. The number of carbonyl (C=O) groups is 1. The Balaban J connectivity index is 2.70. The number of esters is 1. The van der Waals surface area contributed by atoms with E-state index < -0.39 is 5.97 Å². The number of hydrogen-bond acceptors (Lipinski definition) is 4. The van der Waals surface area contributed by atoms with Gasteiger partial charge >= 0.3 is 5.97 Å². The van der Waals surface area contributed by atoms with E-state index in [0.717, 1.165) is 5.39 Å². The Hall–Kier alpha value is -1.62. The van der Waals surface area contributed by atoms with Crippen LogP contribution < -0.4 is 5.56 Å². The molecule has 0 aliphatic carbocycles. The maximum absolute atomic E-state index is 11.4. The number of aromatic amines is 1. The minimum absolute atomic E-state index is 0.184. The lowest BCUT2D eigenvalue weighted by Crippen LogP contribution is -2.12. The summed E-state index contributed by atoms with van der Waals surface area (Å²) in [5, 5.41) is 2.57. The van der Waals surface area contributed by atoms with Gasteiger partial charge in [0.15, 0.2) is 0 Å². The molecule has 2 aromatic heterocycles. The number of hydrogen-bond donors (Lipinski definition) is 1. The highest BCUT2D eigenvalue weighted by Gasteiger charge is 2.09. The number of aromatic nitrogens is 1. The molecule has 0 fully saturated rings. The van der Waals surface area contributed by atoms with Crippen molar-refractivity contribution in [1.29, 1.82) is 0 Å². The number of nitrogens with one attached hydrogen (secondary N) is 1. The van der Waals surface area contributed by atoms with E-state index in [-0.39, 0.29) is 11.3 Å². The van der Waals surface area contributed by atoms with Crippen molar-refractivity contribution in [2.45, 2.75) is 0 Å². The zero-order chi connectivity index (χ0) is 10.1. The number of fused-ring (bicyclic) bond motifs is 1. The first-order valence-electron chi connectivity index (χ1n) is 3.91. The van der Waals surface area contributed by atoms with E-state index in [0.29, 0.717) is 4.70 Å². The number of carbonyl (C=O) groups excluding carboxylic acids is 1.